The van der Waals surface area contributed by atoms with Gasteiger partial charge < -0.3 is 19.2 Å². The Morgan fingerprint density at radius 1 is 1.14 bits per heavy atom. The van der Waals surface area contributed by atoms with Crippen LogP contribution in [0.3, 0.4) is 0 Å². The summed E-state index contributed by atoms with van der Waals surface area (Å²) < 4.78 is 16.3. The van der Waals surface area contributed by atoms with Crippen molar-refractivity contribution < 1.29 is 23.5 Å². The van der Waals surface area contributed by atoms with E-state index in [0.717, 1.165) is 5.56 Å². The molecule has 7 nitrogen and oxygen atoms in total. The lowest BCUT2D eigenvalue weighted by Gasteiger charge is -2.23. The summed E-state index contributed by atoms with van der Waals surface area (Å²) in [6, 6.07) is 2.58. The zero-order valence-electron chi connectivity index (χ0n) is 18.1. The second kappa shape index (κ2) is 8.68. The number of hydrogen-bond donors (Lipinski definition) is 1. The van der Waals surface area contributed by atoms with Gasteiger partial charge in [-0.15, -0.1) is 0 Å². The maximum Gasteiger partial charge on any atom is 0.408 e. The average Bonchev–Trinajstić information content (AvgIpc) is 2.57. The fourth-order valence-electron chi connectivity index (χ4n) is 2.94. The molecular formula is C22H29NO6. The van der Waals surface area contributed by atoms with Crippen molar-refractivity contribution in [3.05, 3.63) is 39.2 Å². The highest BCUT2D eigenvalue weighted by atomic mass is 16.6. The van der Waals surface area contributed by atoms with Crippen LogP contribution in [0.25, 0.3) is 11.0 Å². The number of nitrogens with one attached hydrogen (secondary N) is 1. The van der Waals surface area contributed by atoms with Crippen LogP contribution in [0.2, 0.25) is 0 Å². The van der Waals surface area contributed by atoms with Crippen molar-refractivity contribution in [2.24, 2.45) is 0 Å². The lowest BCUT2D eigenvalue weighted by atomic mass is 10.0. The summed E-state index contributed by atoms with van der Waals surface area (Å²) in [7, 11) is 0. The van der Waals surface area contributed by atoms with Crippen LogP contribution in [-0.4, -0.2) is 23.7 Å². The van der Waals surface area contributed by atoms with Gasteiger partial charge in [-0.1, -0.05) is 13.3 Å². The number of aryl methyl sites for hydroxylation is 2. The summed E-state index contributed by atoms with van der Waals surface area (Å²) in [5.41, 5.74) is 1.17. The zero-order valence-corrected chi connectivity index (χ0v) is 18.1. The van der Waals surface area contributed by atoms with Crippen LogP contribution in [0.15, 0.2) is 21.3 Å². The normalized spacial score (nSPS) is 12.5. The highest BCUT2D eigenvalue weighted by Crippen LogP contribution is 2.31. The lowest BCUT2D eigenvalue weighted by Crippen LogP contribution is -2.45. The topological polar surface area (TPSA) is 94.8 Å². The molecule has 1 amide bonds. The van der Waals surface area contributed by atoms with Gasteiger partial charge in [0.1, 0.15) is 23.0 Å². The minimum absolute atomic E-state index is 0.293. The Labute approximate surface area is 170 Å². The maximum atomic E-state index is 12.8. The standard InChI is InChI=1S/C22H29NO6/c1-8-9-15(23-21(26)29-22(5,6)7)20(25)28-17-11-12(2)10-16-18(17)13(3)14(4)19(24)27-16/h10-11,15H,8-9H2,1-7H3,(H,23,26)/t15-/m0/s1. The molecular weight excluding hydrogens is 374 g/mol. The van der Waals surface area contributed by atoms with E-state index in [1.807, 2.05) is 13.8 Å². The minimum Gasteiger partial charge on any atom is -0.444 e. The van der Waals surface area contributed by atoms with Gasteiger partial charge in [0.05, 0.1) is 5.39 Å². The molecule has 1 aromatic heterocycles. The van der Waals surface area contributed by atoms with Gasteiger partial charge in [0, 0.05) is 5.56 Å². The van der Waals surface area contributed by atoms with E-state index in [0.29, 0.717) is 40.7 Å². The molecule has 0 spiro atoms. The summed E-state index contributed by atoms with van der Waals surface area (Å²) in [6.45, 7) is 12.4. The van der Waals surface area contributed by atoms with E-state index < -0.39 is 29.3 Å². The zero-order chi connectivity index (χ0) is 21.9. The van der Waals surface area contributed by atoms with Crippen LogP contribution in [0.1, 0.15) is 57.2 Å². The second-order valence-electron chi connectivity index (χ2n) is 8.18. The average molecular weight is 403 g/mol. The van der Waals surface area contributed by atoms with Gasteiger partial charge in [-0.3, -0.25) is 0 Å². The first kappa shape index (κ1) is 22.5. The first-order valence-corrected chi connectivity index (χ1v) is 9.68. The fraction of sp³-hybridized carbons (Fsp3) is 0.500. The number of hydrogen-bond acceptors (Lipinski definition) is 6. The minimum atomic E-state index is -0.859. The number of esters is 1. The van der Waals surface area contributed by atoms with Gasteiger partial charge in [0.15, 0.2) is 0 Å². The third-order valence-corrected chi connectivity index (χ3v) is 4.42. The smallest absolute Gasteiger partial charge is 0.408 e. The Bertz CT molecular complexity index is 983. The number of ether oxygens (including phenoxy) is 2. The van der Waals surface area contributed by atoms with Crippen LogP contribution < -0.4 is 15.7 Å². The summed E-state index contributed by atoms with van der Waals surface area (Å²) >= 11 is 0. The van der Waals surface area contributed by atoms with Crippen molar-refractivity contribution in [2.45, 2.75) is 73.0 Å². The van der Waals surface area contributed by atoms with E-state index >= 15 is 0 Å². The van der Waals surface area contributed by atoms with Crippen molar-refractivity contribution in [3.8, 4) is 5.75 Å². The quantitative estimate of drug-likeness (QED) is 0.454. The fourth-order valence-corrected chi connectivity index (χ4v) is 2.94. The largest absolute Gasteiger partial charge is 0.444 e. The molecule has 0 saturated carbocycles. The molecule has 0 radical (unpaired) electrons. The van der Waals surface area contributed by atoms with E-state index in [2.05, 4.69) is 5.32 Å². The first-order chi connectivity index (χ1) is 13.4. The highest BCUT2D eigenvalue weighted by Gasteiger charge is 2.26. The number of fused-ring (bicyclic) bond motifs is 1. The molecule has 0 bridgehead atoms. The van der Waals surface area contributed by atoms with Gasteiger partial charge in [-0.25, -0.2) is 14.4 Å². The van der Waals surface area contributed by atoms with Crippen molar-refractivity contribution in [1.29, 1.82) is 0 Å². The van der Waals surface area contributed by atoms with Crippen molar-refractivity contribution in [3.63, 3.8) is 0 Å². The predicted molar refractivity (Wildman–Crippen MR) is 110 cm³/mol. The van der Waals surface area contributed by atoms with E-state index in [1.165, 1.54) is 0 Å². The molecule has 2 aromatic rings. The van der Waals surface area contributed by atoms with E-state index in [9.17, 15) is 14.4 Å². The van der Waals surface area contributed by atoms with Gasteiger partial charge >= 0.3 is 17.7 Å². The Morgan fingerprint density at radius 3 is 2.38 bits per heavy atom. The third-order valence-electron chi connectivity index (χ3n) is 4.42. The molecule has 1 aromatic carbocycles. The number of amides is 1. The third kappa shape index (κ3) is 5.59. The monoisotopic (exact) mass is 403 g/mol. The van der Waals surface area contributed by atoms with E-state index in [-0.39, 0.29) is 0 Å². The maximum absolute atomic E-state index is 12.8. The van der Waals surface area contributed by atoms with Crippen LogP contribution >= 0.6 is 0 Å². The number of rotatable bonds is 5. The molecule has 29 heavy (non-hydrogen) atoms. The summed E-state index contributed by atoms with van der Waals surface area (Å²) in [5.74, 6) is -0.311. The van der Waals surface area contributed by atoms with Crippen molar-refractivity contribution in [2.75, 3.05) is 0 Å². The molecule has 2 rings (SSSR count). The molecule has 0 saturated heterocycles. The Morgan fingerprint density at radius 2 is 1.79 bits per heavy atom. The van der Waals surface area contributed by atoms with Crippen LogP contribution in [-0.2, 0) is 9.53 Å². The molecule has 0 unspecified atom stereocenters. The van der Waals surface area contributed by atoms with Gasteiger partial charge in [-0.05, 0) is 71.2 Å². The first-order valence-electron chi connectivity index (χ1n) is 9.68. The van der Waals surface area contributed by atoms with Crippen molar-refractivity contribution in [1.82, 2.24) is 5.32 Å². The Hall–Kier alpha value is -2.83. The molecule has 0 aliphatic carbocycles. The van der Waals surface area contributed by atoms with Crippen LogP contribution in [0.4, 0.5) is 4.79 Å². The van der Waals surface area contributed by atoms with Gasteiger partial charge in [0.25, 0.3) is 0 Å². The van der Waals surface area contributed by atoms with Crippen LogP contribution in [0.5, 0.6) is 5.75 Å². The molecule has 0 aliphatic rings. The molecule has 1 heterocycles. The molecule has 158 valence electrons. The summed E-state index contributed by atoms with van der Waals surface area (Å²) in [4.78, 5) is 36.9. The highest BCUT2D eigenvalue weighted by molar-refractivity contribution is 5.92. The number of carbonyl (C=O) groups is 2. The van der Waals surface area contributed by atoms with Crippen molar-refractivity contribution >= 4 is 23.0 Å². The lowest BCUT2D eigenvalue weighted by molar-refractivity contribution is -0.136. The Balaban J connectivity index is 2.36. The number of alkyl carbamates (subject to hydrolysis) is 1. The van der Waals surface area contributed by atoms with Gasteiger partial charge in [0.2, 0.25) is 0 Å². The van der Waals surface area contributed by atoms with E-state index in [1.54, 1.807) is 46.8 Å². The predicted octanol–water partition coefficient (Wildman–Crippen LogP) is 4.32. The Kier molecular flexibility index (Phi) is 6.72. The second-order valence-corrected chi connectivity index (χ2v) is 8.18. The van der Waals surface area contributed by atoms with Gasteiger partial charge in [-0.2, -0.15) is 0 Å². The molecule has 1 atom stereocenters. The molecule has 0 aliphatic heterocycles. The number of carbonyl (C=O) groups excluding carboxylic acids is 2. The molecule has 1 N–H and O–H groups in total. The van der Waals surface area contributed by atoms with Crippen LogP contribution in [0, 0.1) is 20.8 Å². The molecule has 7 heteroatoms. The number of benzene rings is 1. The summed E-state index contributed by atoms with van der Waals surface area (Å²) in [6.07, 6.45) is 0.381. The summed E-state index contributed by atoms with van der Waals surface area (Å²) in [5, 5.41) is 3.15. The SMILES string of the molecule is CCC[C@H](NC(=O)OC(C)(C)C)C(=O)Oc1cc(C)cc2oc(=O)c(C)c(C)c12. The van der Waals surface area contributed by atoms with E-state index in [4.69, 9.17) is 13.9 Å². The molecule has 0 fully saturated rings.